The second-order valence-electron chi connectivity index (χ2n) is 2.91. The molecule has 1 heterocycles. The van der Waals surface area contributed by atoms with E-state index in [1.54, 1.807) is 0 Å². The Bertz CT molecular complexity index is 176. The summed E-state index contributed by atoms with van der Waals surface area (Å²) in [4.78, 5) is 10.2. The molecule has 1 aliphatic heterocycles. The maximum absolute atomic E-state index is 10.2. The fraction of sp³-hybridized carbons (Fsp3) is 0.667. The van der Waals surface area contributed by atoms with Crippen LogP contribution in [-0.2, 0) is 9.53 Å². The Morgan fingerprint density at radius 3 is 2.75 bits per heavy atom. The van der Waals surface area contributed by atoms with Crippen LogP contribution in [0.25, 0.3) is 0 Å². The second-order valence-corrected chi connectivity index (χ2v) is 2.91. The molecule has 3 heteroatoms. The summed E-state index contributed by atoms with van der Waals surface area (Å²) in [5.41, 5.74) is 1.35. The van der Waals surface area contributed by atoms with Gasteiger partial charge >= 0.3 is 5.97 Å². The molecule has 68 valence electrons. The lowest BCUT2D eigenvalue weighted by Crippen LogP contribution is -2.07. The number of rotatable bonds is 3. The molecular weight excluding hydrogens is 156 g/mol. The van der Waals surface area contributed by atoms with Crippen molar-refractivity contribution in [2.75, 3.05) is 13.2 Å². The summed E-state index contributed by atoms with van der Waals surface area (Å²) < 4.78 is 5.17. The Hall–Kier alpha value is -0.830. The standard InChI is InChI=1S/C9H14O3/c10-9(11)3-1-2-8-4-6-12-7-5-8/h2H,1,3-7H2,(H,10,11). The van der Waals surface area contributed by atoms with E-state index in [2.05, 4.69) is 0 Å². The van der Waals surface area contributed by atoms with Crippen LogP contribution < -0.4 is 0 Å². The van der Waals surface area contributed by atoms with Gasteiger partial charge in [-0.2, -0.15) is 0 Å². The van der Waals surface area contributed by atoms with Gasteiger partial charge in [0.2, 0.25) is 0 Å². The van der Waals surface area contributed by atoms with Crippen molar-refractivity contribution in [3.05, 3.63) is 11.6 Å². The van der Waals surface area contributed by atoms with E-state index in [-0.39, 0.29) is 6.42 Å². The highest BCUT2D eigenvalue weighted by atomic mass is 16.5. The first-order valence-electron chi connectivity index (χ1n) is 4.26. The van der Waals surface area contributed by atoms with Crippen molar-refractivity contribution in [3.63, 3.8) is 0 Å². The minimum atomic E-state index is -0.723. The molecule has 0 aromatic rings. The highest BCUT2D eigenvalue weighted by Crippen LogP contribution is 2.14. The highest BCUT2D eigenvalue weighted by Gasteiger charge is 2.04. The Kier molecular flexibility index (Phi) is 3.80. The van der Waals surface area contributed by atoms with Crippen LogP contribution in [0.3, 0.4) is 0 Å². The van der Waals surface area contributed by atoms with Gasteiger partial charge in [0, 0.05) is 6.42 Å². The molecular formula is C9H14O3. The quantitative estimate of drug-likeness (QED) is 0.654. The van der Waals surface area contributed by atoms with Crippen LogP contribution >= 0.6 is 0 Å². The van der Waals surface area contributed by atoms with E-state index < -0.39 is 5.97 Å². The molecule has 0 atom stereocenters. The van der Waals surface area contributed by atoms with Gasteiger partial charge in [0.15, 0.2) is 0 Å². The number of allylic oxidation sites excluding steroid dienone is 1. The summed E-state index contributed by atoms with van der Waals surface area (Å²) in [5.74, 6) is -0.723. The summed E-state index contributed by atoms with van der Waals surface area (Å²) in [7, 11) is 0. The smallest absolute Gasteiger partial charge is 0.303 e. The molecule has 3 nitrogen and oxygen atoms in total. The second kappa shape index (κ2) is 4.93. The van der Waals surface area contributed by atoms with E-state index in [4.69, 9.17) is 9.84 Å². The zero-order valence-corrected chi connectivity index (χ0v) is 7.08. The van der Waals surface area contributed by atoms with Crippen LogP contribution in [0.1, 0.15) is 25.7 Å². The normalized spacial score (nSPS) is 17.5. The third-order valence-electron chi connectivity index (χ3n) is 1.93. The van der Waals surface area contributed by atoms with E-state index in [1.807, 2.05) is 6.08 Å². The van der Waals surface area contributed by atoms with Gasteiger partial charge < -0.3 is 9.84 Å². The van der Waals surface area contributed by atoms with E-state index in [0.717, 1.165) is 26.1 Å². The number of ether oxygens (including phenoxy) is 1. The highest BCUT2D eigenvalue weighted by molar-refractivity contribution is 5.66. The molecule has 0 radical (unpaired) electrons. The first-order valence-corrected chi connectivity index (χ1v) is 4.26. The Morgan fingerprint density at radius 2 is 2.17 bits per heavy atom. The van der Waals surface area contributed by atoms with Gasteiger partial charge in [0.1, 0.15) is 0 Å². The van der Waals surface area contributed by atoms with Gasteiger partial charge in [-0.05, 0) is 19.3 Å². The first-order chi connectivity index (χ1) is 5.79. The molecule has 1 fully saturated rings. The molecule has 0 aromatic heterocycles. The Morgan fingerprint density at radius 1 is 1.50 bits per heavy atom. The average molecular weight is 170 g/mol. The van der Waals surface area contributed by atoms with Crippen molar-refractivity contribution >= 4 is 5.97 Å². The molecule has 0 aromatic carbocycles. The van der Waals surface area contributed by atoms with Crippen LogP contribution in [0, 0.1) is 0 Å². The molecule has 0 saturated carbocycles. The molecule has 1 aliphatic rings. The van der Waals surface area contributed by atoms with Gasteiger partial charge in [0.05, 0.1) is 13.2 Å². The third kappa shape index (κ3) is 3.53. The van der Waals surface area contributed by atoms with E-state index in [1.165, 1.54) is 5.57 Å². The van der Waals surface area contributed by atoms with Gasteiger partial charge in [-0.15, -0.1) is 0 Å². The summed E-state index contributed by atoms with van der Waals surface area (Å²) in [6.07, 6.45) is 4.88. The lowest BCUT2D eigenvalue weighted by atomic mass is 10.1. The van der Waals surface area contributed by atoms with Gasteiger partial charge in [-0.3, -0.25) is 4.79 Å². The number of carboxylic acids is 1. The number of hydrogen-bond donors (Lipinski definition) is 1. The van der Waals surface area contributed by atoms with Crippen molar-refractivity contribution in [1.82, 2.24) is 0 Å². The molecule has 0 spiro atoms. The lowest BCUT2D eigenvalue weighted by molar-refractivity contribution is -0.136. The SMILES string of the molecule is O=C(O)CCC=C1CCOCC1. The molecule has 0 unspecified atom stereocenters. The molecule has 0 aliphatic carbocycles. The third-order valence-corrected chi connectivity index (χ3v) is 1.93. The zero-order valence-electron chi connectivity index (χ0n) is 7.08. The van der Waals surface area contributed by atoms with Gasteiger partial charge in [-0.25, -0.2) is 0 Å². The molecule has 12 heavy (non-hydrogen) atoms. The Labute approximate surface area is 72.0 Å². The number of carbonyl (C=O) groups is 1. The van der Waals surface area contributed by atoms with E-state index in [0.29, 0.717) is 6.42 Å². The predicted octanol–water partition coefficient (Wildman–Crippen LogP) is 1.59. The maximum Gasteiger partial charge on any atom is 0.303 e. The van der Waals surface area contributed by atoms with Crippen molar-refractivity contribution in [2.45, 2.75) is 25.7 Å². The fourth-order valence-electron chi connectivity index (χ4n) is 1.24. The number of aliphatic carboxylic acids is 1. The summed E-state index contributed by atoms with van der Waals surface area (Å²) >= 11 is 0. The monoisotopic (exact) mass is 170 g/mol. The first kappa shape index (κ1) is 9.26. The van der Waals surface area contributed by atoms with Crippen molar-refractivity contribution in [2.24, 2.45) is 0 Å². The zero-order chi connectivity index (χ0) is 8.81. The average Bonchev–Trinajstić information content (AvgIpc) is 2.05. The van der Waals surface area contributed by atoms with Gasteiger partial charge in [0.25, 0.3) is 0 Å². The largest absolute Gasteiger partial charge is 0.481 e. The molecule has 1 N–H and O–H groups in total. The van der Waals surface area contributed by atoms with Crippen molar-refractivity contribution in [3.8, 4) is 0 Å². The van der Waals surface area contributed by atoms with Crippen molar-refractivity contribution in [1.29, 1.82) is 0 Å². The molecule has 1 saturated heterocycles. The summed E-state index contributed by atoms with van der Waals surface area (Å²) in [6, 6.07) is 0. The lowest BCUT2D eigenvalue weighted by Gasteiger charge is -2.14. The molecule has 0 bridgehead atoms. The fourth-order valence-corrected chi connectivity index (χ4v) is 1.24. The summed E-state index contributed by atoms with van der Waals surface area (Å²) in [6.45, 7) is 1.58. The van der Waals surface area contributed by atoms with Gasteiger partial charge in [-0.1, -0.05) is 11.6 Å². The predicted molar refractivity (Wildman–Crippen MR) is 45.0 cm³/mol. The van der Waals surface area contributed by atoms with Crippen LogP contribution in [0.5, 0.6) is 0 Å². The summed E-state index contributed by atoms with van der Waals surface area (Å²) in [5, 5.41) is 8.39. The minimum absolute atomic E-state index is 0.240. The van der Waals surface area contributed by atoms with Crippen LogP contribution in [0.15, 0.2) is 11.6 Å². The van der Waals surface area contributed by atoms with E-state index >= 15 is 0 Å². The molecule has 1 rings (SSSR count). The number of hydrogen-bond acceptors (Lipinski definition) is 2. The van der Waals surface area contributed by atoms with Crippen LogP contribution in [0.4, 0.5) is 0 Å². The number of carboxylic acid groups (broad SMARTS) is 1. The van der Waals surface area contributed by atoms with Crippen LogP contribution in [-0.4, -0.2) is 24.3 Å². The minimum Gasteiger partial charge on any atom is -0.481 e. The molecule has 0 amide bonds. The van der Waals surface area contributed by atoms with Crippen LogP contribution in [0.2, 0.25) is 0 Å². The van der Waals surface area contributed by atoms with Crippen molar-refractivity contribution < 1.29 is 14.6 Å². The maximum atomic E-state index is 10.2. The topological polar surface area (TPSA) is 46.5 Å². The Balaban J connectivity index is 2.20. The van der Waals surface area contributed by atoms with E-state index in [9.17, 15) is 4.79 Å².